The Bertz CT molecular complexity index is 396. The highest BCUT2D eigenvalue weighted by molar-refractivity contribution is 5.77. The maximum absolute atomic E-state index is 13.3. The van der Waals surface area contributed by atoms with Gasteiger partial charge in [-0.2, -0.15) is 0 Å². The third-order valence-corrected chi connectivity index (χ3v) is 2.37. The van der Waals surface area contributed by atoms with Crippen molar-refractivity contribution in [3.05, 3.63) is 35.4 Å². The number of likely N-dealkylation sites (N-methyl/N-ethyl adjacent to an activating group) is 2. The molecule has 1 rings (SSSR count). The molecule has 0 aromatic heterocycles. The monoisotopic (exact) mass is 242 g/mol. The van der Waals surface area contributed by atoms with Crippen molar-refractivity contribution in [3.63, 3.8) is 0 Å². The van der Waals surface area contributed by atoms with Gasteiger partial charge in [0.15, 0.2) is 0 Å². The van der Waals surface area contributed by atoms with Crippen LogP contribution in [0.5, 0.6) is 0 Å². The Balaban J connectivity index is 2.61. The van der Waals surface area contributed by atoms with Gasteiger partial charge < -0.3 is 10.2 Å². The minimum atomic E-state index is -0.631. The summed E-state index contributed by atoms with van der Waals surface area (Å²) >= 11 is 0. The molecule has 0 aliphatic carbocycles. The highest BCUT2D eigenvalue weighted by Crippen LogP contribution is 2.11. The van der Waals surface area contributed by atoms with E-state index < -0.39 is 11.6 Å². The van der Waals surface area contributed by atoms with Gasteiger partial charge in [0, 0.05) is 25.2 Å². The van der Waals surface area contributed by atoms with Gasteiger partial charge in [-0.05, 0) is 12.6 Å². The number of carbonyl (C=O) groups is 1. The highest BCUT2D eigenvalue weighted by Gasteiger charge is 2.11. The summed E-state index contributed by atoms with van der Waals surface area (Å²) in [4.78, 5) is 13.0. The minimum absolute atomic E-state index is 0.129. The van der Waals surface area contributed by atoms with Gasteiger partial charge in [0.25, 0.3) is 0 Å². The van der Waals surface area contributed by atoms with E-state index in [-0.39, 0.29) is 19.0 Å². The summed E-state index contributed by atoms with van der Waals surface area (Å²) in [7, 11) is 1.59. The maximum Gasteiger partial charge on any atom is 0.236 e. The Labute approximate surface area is 99.4 Å². The van der Waals surface area contributed by atoms with E-state index in [2.05, 4.69) is 5.32 Å². The van der Waals surface area contributed by atoms with Gasteiger partial charge in [-0.15, -0.1) is 0 Å². The molecule has 0 aliphatic rings. The smallest absolute Gasteiger partial charge is 0.236 e. The lowest BCUT2D eigenvalue weighted by Crippen LogP contribution is -2.35. The number of hydrogen-bond donors (Lipinski definition) is 1. The van der Waals surface area contributed by atoms with Gasteiger partial charge >= 0.3 is 0 Å². The number of amides is 1. The third-order valence-electron chi connectivity index (χ3n) is 2.37. The summed E-state index contributed by atoms with van der Waals surface area (Å²) in [6.07, 6.45) is 0. The van der Waals surface area contributed by atoms with E-state index in [1.165, 1.54) is 17.0 Å². The van der Waals surface area contributed by atoms with Crippen molar-refractivity contribution in [2.24, 2.45) is 0 Å². The van der Waals surface area contributed by atoms with Crippen molar-refractivity contribution < 1.29 is 13.6 Å². The number of halogens is 2. The van der Waals surface area contributed by atoms with E-state index >= 15 is 0 Å². The van der Waals surface area contributed by atoms with Crippen LogP contribution in [0.1, 0.15) is 12.5 Å². The van der Waals surface area contributed by atoms with Crippen LogP contribution in [-0.4, -0.2) is 30.9 Å². The van der Waals surface area contributed by atoms with Crippen LogP contribution in [0.4, 0.5) is 8.78 Å². The molecule has 0 saturated heterocycles. The molecule has 94 valence electrons. The zero-order valence-electron chi connectivity index (χ0n) is 9.96. The Morgan fingerprint density at radius 2 is 2.12 bits per heavy atom. The molecule has 0 unspecified atom stereocenters. The molecule has 0 bridgehead atoms. The first-order valence-corrected chi connectivity index (χ1v) is 5.43. The van der Waals surface area contributed by atoms with E-state index in [9.17, 15) is 13.6 Å². The number of hydrogen-bond acceptors (Lipinski definition) is 2. The van der Waals surface area contributed by atoms with E-state index in [1.807, 2.05) is 6.92 Å². The van der Waals surface area contributed by atoms with Crippen molar-refractivity contribution in [2.45, 2.75) is 13.5 Å². The molecule has 17 heavy (non-hydrogen) atoms. The zero-order chi connectivity index (χ0) is 12.8. The van der Waals surface area contributed by atoms with Crippen molar-refractivity contribution >= 4 is 5.91 Å². The summed E-state index contributed by atoms with van der Waals surface area (Å²) < 4.78 is 26.0. The first-order valence-electron chi connectivity index (χ1n) is 5.43. The molecule has 1 aromatic carbocycles. The minimum Gasteiger partial charge on any atom is -0.340 e. The lowest BCUT2D eigenvalue weighted by atomic mass is 10.2. The molecule has 1 amide bonds. The van der Waals surface area contributed by atoms with Gasteiger partial charge in [-0.1, -0.05) is 13.0 Å². The number of carbonyl (C=O) groups excluding carboxylic acids is 1. The fraction of sp³-hybridized carbons (Fsp3) is 0.417. The molecule has 5 heteroatoms. The third kappa shape index (κ3) is 4.11. The topological polar surface area (TPSA) is 32.3 Å². The Morgan fingerprint density at radius 3 is 2.71 bits per heavy atom. The predicted octanol–water partition coefficient (Wildman–Crippen LogP) is 1.53. The van der Waals surface area contributed by atoms with Gasteiger partial charge in [0.2, 0.25) is 5.91 Å². The first kappa shape index (κ1) is 13.6. The maximum atomic E-state index is 13.3. The molecule has 0 aliphatic heterocycles. The average molecular weight is 242 g/mol. The molecule has 0 fully saturated rings. The second kappa shape index (κ2) is 6.30. The molecular formula is C12H16F2N2O. The van der Waals surface area contributed by atoms with Crippen molar-refractivity contribution in [2.75, 3.05) is 20.1 Å². The molecule has 0 radical (unpaired) electrons. The summed E-state index contributed by atoms with van der Waals surface area (Å²) in [6.45, 7) is 2.95. The van der Waals surface area contributed by atoms with Crippen LogP contribution >= 0.6 is 0 Å². The van der Waals surface area contributed by atoms with Crippen LogP contribution < -0.4 is 5.32 Å². The second-order valence-corrected chi connectivity index (χ2v) is 3.77. The molecule has 3 nitrogen and oxygen atoms in total. The van der Waals surface area contributed by atoms with E-state index in [1.54, 1.807) is 7.05 Å². The normalized spacial score (nSPS) is 10.4. The molecule has 1 N–H and O–H groups in total. The van der Waals surface area contributed by atoms with Crippen molar-refractivity contribution in [3.8, 4) is 0 Å². The number of rotatable bonds is 5. The highest BCUT2D eigenvalue weighted by atomic mass is 19.1. The Hall–Kier alpha value is -1.49. The summed E-state index contributed by atoms with van der Waals surface area (Å²) in [6, 6.07) is 3.35. The van der Waals surface area contributed by atoms with Crippen molar-refractivity contribution in [1.82, 2.24) is 10.2 Å². The molecule has 1 aromatic rings. The first-order chi connectivity index (χ1) is 8.04. The average Bonchev–Trinajstić information content (AvgIpc) is 2.29. The van der Waals surface area contributed by atoms with E-state index in [4.69, 9.17) is 0 Å². The molecule has 0 saturated carbocycles. The SMILES string of the molecule is CCNCC(=O)N(C)Cc1ccc(F)cc1F. The van der Waals surface area contributed by atoms with Crippen LogP contribution in [-0.2, 0) is 11.3 Å². The molecular weight excluding hydrogens is 226 g/mol. The number of benzene rings is 1. The van der Waals surface area contributed by atoms with Gasteiger partial charge in [-0.25, -0.2) is 8.78 Å². The lowest BCUT2D eigenvalue weighted by molar-refractivity contribution is -0.129. The second-order valence-electron chi connectivity index (χ2n) is 3.77. The van der Waals surface area contributed by atoms with Gasteiger partial charge in [0.05, 0.1) is 6.54 Å². The Morgan fingerprint density at radius 1 is 1.41 bits per heavy atom. The van der Waals surface area contributed by atoms with Crippen LogP contribution in [0.15, 0.2) is 18.2 Å². The van der Waals surface area contributed by atoms with E-state index in [0.717, 1.165) is 6.07 Å². The fourth-order valence-electron chi connectivity index (χ4n) is 1.36. The van der Waals surface area contributed by atoms with Crippen molar-refractivity contribution in [1.29, 1.82) is 0 Å². The summed E-state index contributed by atoms with van der Waals surface area (Å²) in [5.74, 6) is -1.38. The number of nitrogens with one attached hydrogen (secondary N) is 1. The van der Waals surface area contributed by atoms with Crippen LogP contribution in [0.2, 0.25) is 0 Å². The molecule has 0 atom stereocenters. The predicted molar refractivity (Wildman–Crippen MR) is 61.4 cm³/mol. The standard InChI is InChI=1S/C12H16F2N2O/c1-3-15-7-12(17)16(2)8-9-4-5-10(13)6-11(9)14/h4-6,15H,3,7-8H2,1-2H3. The van der Waals surface area contributed by atoms with Crippen LogP contribution in [0.25, 0.3) is 0 Å². The fourth-order valence-corrected chi connectivity index (χ4v) is 1.36. The summed E-state index contributed by atoms with van der Waals surface area (Å²) in [5, 5.41) is 2.89. The van der Waals surface area contributed by atoms with Gasteiger partial charge in [-0.3, -0.25) is 4.79 Å². The van der Waals surface area contributed by atoms with E-state index in [0.29, 0.717) is 12.1 Å². The van der Waals surface area contributed by atoms with Gasteiger partial charge in [0.1, 0.15) is 11.6 Å². The Kier molecular flexibility index (Phi) is 5.03. The lowest BCUT2D eigenvalue weighted by Gasteiger charge is -2.17. The zero-order valence-corrected chi connectivity index (χ0v) is 9.96. The largest absolute Gasteiger partial charge is 0.340 e. The quantitative estimate of drug-likeness (QED) is 0.849. The van der Waals surface area contributed by atoms with Crippen LogP contribution in [0.3, 0.4) is 0 Å². The molecule has 0 spiro atoms. The number of nitrogens with zero attached hydrogens (tertiary/aromatic N) is 1. The summed E-state index contributed by atoms with van der Waals surface area (Å²) in [5.41, 5.74) is 0.304. The molecule has 0 heterocycles. The van der Waals surface area contributed by atoms with Crippen LogP contribution in [0, 0.1) is 11.6 Å².